The van der Waals surface area contributed by atoms with Crippen LogP contribution in [0.1, 0.15) is 25.7 Å². The molecule has 0 unspecified atom stereocenters. The molecule has 1 aliphatic carbocycles. The first-order valence-electron chi connectivity index (χ1n) is 7.20. The van der Waals surface area contributed by atoms with Crippen LogP contribution in [0.25, 0.3) is 10.9 Å². The molecule has 1 fully saturated rings. The quantitative estimate of drug-likeness (QED) is 0.553. The van der Waals surface area contributed by atoms with Crippen molar-refractivity contribution in [1.29, 1.82) is 0 Å². The van der Waals surface area contributed by atoms with Gasteiger partial charge in [-0.05, 0) is 48.3 Å². The van der Waals surface area contributed by atoms with Crippen LogP contribution in [-0.2, 0) is 4.74 Å². The van der Waals surface area contributed by atoms with Crippen molar-refractivity contribution < 1.29 is 13.5 Å². The molecular formula is C14H14ClF2IN4O. The number of halogens is 4. The molecule has 0 bridgehead atoms. The Balaban J connectivity index is 1.67. The van der Waals surface area contributed by atoms with Gasteiger partial charge in [-0.15, -0.1) is 0 Å². The number of alkyl halides is 2. The van der Waals surface area contributed by atoms with Gasteiger partial charge in [0.2, 0.25) is 5.95 Å². The molecule has 1 saturated carbocycles. The Morgan fingerprint density at radius 1 is 1.22 bits per heavy atom. The normalized spacial score (nSPS) is 21.8. The number of ether oxygens (including phenoxy) is 1. The van der Waals surface area contributed by atoms with Crippen LogP contribution in [0.2, 0.25) is 5.15 Å². The van der Waals surface area contributed by atoms with Crippen molar-refractivity contribution in [3.63, 3.8) is 0 Å². The molecule has 124 valence electrons. The molecule has 1 aliphatic rings. The minimum atomic E-state index is -2.70. The molecule has 0 spiro atoms. The molecule has 1 N–H and O–H groups in total. The number of fused-ring (bicyclic) bond motifs is 1. The molecule has 23 heavy (non-hydrogen) atoms. The van der Waals surface area contributed by atoms with Gasteiger partial charge in [0, 0.05) is 18.4 Å². The van der Waals surface area contributed by atoms with E-state index in [9.17, 15) is 8.78 Å². The summed E-state index contributed by atoms with van der Waals surface area (Å²) in [5.74, 6) is 0.510. The summed E-state index contributed by atoms with van der Waals surface area (Å²) in [6.45, 7) is -2.70. The van der Waals surface area contributed by atoms with Crippen LogP contribution in [0.3, 0.4) is 0 Å². The van der Waals surface area contributed by atoms with Crippen LogP contribution in [0.15, 0.2) is 12.4 Å². The number of rotatable bonds is 4. The van der Waals surface area contributed by atoms with E-state index in [4.69, 9.17) is 11.6 Å². The predicted molar refractivity (Wildman–Crippen MR) is 91.8 cm³/mol. The van der Waals surface area contributed by atoms with Gasteiger partial charge in [-0.3, -0.25) is 0 Å². The van der Waals surface area contributed by atoms with Crippen LogP contribution in [0, 0.1) is 3.57 Å². The van der Waals surface area contributed by atoms with Crippen molar-refractivity contribution in [3.8, 4) is 0 Å². The van der Waals surface area contributed by atoms with E-state index in [0.29, 0.717) is 29.3 Å². The van der Waals surface area contributed by atoms with Crippen LogP contribution in [0.5, 0.6) is 0 Å². The van der Waals surface area contributed by atoms with E-state index in [0.717, 1.165) is 21.9 Å². The van der Waals surface area contributed by atoms with Gasteiger partial charge in [-0.25, -0.2) is 15.0 Å². The number of nitrogens with one attached hydrogen (secondary N) is 1. The number of nitrogens with zero attached hydrogens (tertiary/aromatic N) is 3. The van der Waals surface area contributed by atoms with Gasteiger partial charge in [-0.2, -0.15) is 8.78 Å². The lowest BCUT2D eigenvalue weighted by Crippen LogP contribution is -2.31. The zero-order valence-electron chi connectivity index (χ0n) is 12.0. The lowest BCUT2D eigenvalue weighted by atomic mass is 9.93. The maximum absolute atomic E-state index is 12.2. The van der Waals surface area contributed by atoms with Crippen molar-refractivity contribution in [2.24, 2.45) is 0 Å². The monoisotopic (exact) mass is 454 g/mol. The zero-order valence-corrected chi connectivity index (χ0v) is 14.9. The molecular weight excluding hydrogens is 441 g/mol. The smallest absolute Gasteiger partial charge is 0.345 e. The van der Waals surface area contributed by atoms with E-state index in [1.807, 2.05) is 0 Å². The third-order valence-corrected chi connectivity index (χ3v) is 4.92. The third-order valence-electron chi connectivity index (χ3n) is 3.83. The lowest BCUT2D eigenvalue weighted by Gasteiger charge is -2.28. The Hall–Kier alpha value is -0.870. The fourth-order valence-electron chi connectivity index (χ4n) is 2.70. The summed E-state index contributed by atoms with van der Waals surface area (Å²) in [5.41, 5.74) is 0.748. The van der Waals surface area contributed by atoms with Crippen LogP contribution in [0.4, 0.5) is 14.7 Å². The molecule has 3 rings (SSSR count). The summed E-state index contributed by atoms with van der Waals surface area (Å²) >= 11 is 8.19. The predicted octanol–water partition coefficient (Wildman–Crippen LogP) is 4.25. The Kier molecular flexibility index (Phi) is 5.42. The first-order chi connectivity index (χ1) is 11.0. The van der Waals surface area contributed by atoms with E-state index in [-0.39, 0.29) is 12.1 Å². The molecule has 0 aromatic carbocycles. The Labute approximate surface area is 150 Å². The molecule has 2 heterocycles. The van der Waals surface area contributed by atoms with Crippen LogP contribution in [-0.4, -0.2) is 33.7 Å². The Morgan fingerprint density at radius 2 is 1.96 bits per heavy atom. The van der Waals surface area contributed by atoms with E-state index < -0.39 is 6.61 Å². The molecule has 2 aromatic heterocycles. The number of aromatic nitrogens is 3. The van der Waals surface area contributed by atoms with Gasteiger partial charge in [0.15, 0.2) is 0 Å². The number of pyridine rings is 1. The van der Waals surface area contributed by atoms with Crippen LogP contribution < -0.4 is 5.32 Å². The van der Waals surface area contributed by atoms with Crippen molar-refractivity contribution in [1.82, 2.24) is 15.0 Å². The number of hydrogen-bond donors (Lipinski definition) is 1. The third kappa shape index (κ3) is 4.16. The largest absolute Gasteiger partial charge is 0.351 e. The first kappa shape index (κ1) is 17.0. The standard InChI is InChI=1S/C14H14ClF2IN4O/c15-12-9-5-20-14(22-11(9)10(18)6-19-12)21-7-1-3-8(4-2-7)23-13(16)17/h5-8,13H,1-4H2,(H,20,21,22). The Bertz CT molecular complexity index is 698. The van der Waals surface area contributed by atoms with Crippen molar-refractivity contribution in [2.45, 2.75) is 44.4 Å². The maximum atomic E-state index is 12.2. The lowest BCUT2D eigenvalue weighted by molar-refractivity contribution is -0.169. The first-order valence-corrected chi connectivity index (χ1v) is 8.65. The van der Waals surface area contributed by atoms with E-state index in [1.54, 1.807) is 12.4 Å². The molecule has 0 aliphatic heterocycles. The van der Waals surface area contributed by atoms with E-state index in [1.165, 1.54) is 0 Å². The summed E-state index contributed by atoms with van der Waals surface area (Å²) < 4.78 is 29.9. The van der Waals surface area contributed by atoms with E-state index >= 15 is 0 Å². The van der Waals surface area contributed by atoms with Crippen molar-refractivity contribution in [2.75, 3.05) is 5.32 Å². The van der Waals surface area contributed by atoms with Gasteiger partial charge in [-0.1, -0.05) is 11.6 Å². The highest BCUT2D eigenvalue weighted by atomic mass is 127. The van der Waals surface area contributed by atoms with Gasteiger partial charge in [0.25, 0.3) is 0 Å². The summed E-state index contributed by atoms with van der Waals surface area (Å²) in [6, 6.07) is 0.153. The molecule has 0 saturated heterocycles. The van der Waals surface area contributed by atoms with Gasteiger partial charge < -0.3 is 10.1 Å². The molecule has 2 aromatic rings. The maximum Gasteiger partial charge on any atom is 0.345 e. The molecule has 9 heteroatoms. The van der Waals surface area contributed by atoms with Gasteiger partial charge in [0.05, 0.1) is 20.6 Å². The van der Waals surface area contributed by atoms with Crippen LogP contribution >= 0.6 is 34.2 Å². The van der Waals surface area contributed by atoms with Crippen molar-refractivity contribution in [3.05, 3.63) is 21.1 Å². The number of hydrogen-bond acceptors (Lipinski definition) is 5. The average molecular weight is 455 g/mol. The molecule has 5 nitrogen and oxygen atoms in total. The molecule has 0 atom stereocenters. The summed E-state index contributed by atoms with van der Waals surface area (Å²) in [4.78, 5) is 12.8. The summed E-state index contributed by atoms with van der Waals surface area (Å²) in [5, 5.41) is 4.34. The minimum Gasteiger partial charge on any atom is -0.351 e. The fraction of sp³-hybridized carbons (Fsp3) is 0.500. The molecule has 0 amide bonds. The summed E-state index contributed by atoms with van der Waals surface area (Å²) in [6.07, 6.45) is 5.63. The number of anilines is 1. The fourth-order valence-corrected chi connectivity index (χ4v) is 3.44. The SMILES string of the molecule is FC(F)OC1CCC(Nc2ncc3c(Cl)ncc(I)c3n2)CC1. The second-order valence-electron chi connectivity index (χ2n) is 5.37. The second kappa shape index (κ2) is 7.35. The molecule has 0 radical (unpaired) electrons. The van der Waals surface area contributed by atoms with Gasteiger partial charge in [0.1, 0.15) is 5.15 Å². The van der Waals surface area contributed by atoms with E-state index in [2.05, 4.69) is 47.6 Å². The zero-order chi connectivity index (χ0) is 16.4. The second-order valence-corrected chi connectivity index (χ2v) is 6.89. The minimum absolute atomic E-state index is 0.153. The summed E-state index contributed by atoms with van der Waals surface area (Å²) in [7, 11) is 0. The highest BCUT2D eigenvalue weighted by Crippen LogP contribution is 2.27. The highest BCUT2D eigenvalue weighted by Gasteiger charge is 2.24. The van der Waals surface area contributed by atoms with Gasteiger partial charge >= 0.3 is 6.61 Å². The highest BCUT2D eigenvalue weighted by molar-refractivity contribution is 14.1. The van der Waals surface area contributed by atoms with Crippen molar-refractivity contribution >= 4 is 51.0 Å². The topological polar surface area (TPSA) is 59.9 Å². The average Bonchev–Trinajstić information content (AvgIpc) is 2.53. The Morgan fingerprint density at radius 3 is 2.65 bits per heavy atom.